The van der Waals surface area contributed by atoms with E-state index < -0.39 is 5.60 Å². The van der Waals surface area contributed by atoms with Gasteiger partial charge in [-0.15, -0.1) is 0 Å². The molecule has 0 aliphatic carbocycles. The van der Waals surface area contributed by atoms with Gasteiger partial charge in [-0.3, -0.25) is 0 Å². The van der Waals surface area contributed by atoms with Crippen molar-refractivity contribution in [3.8, 4) is 11.5 Å². The number of aromatic hydroxyl groups is 1. The number of phenols is 1. The summed E-state index contributed by atoms with van der Waals surface area (Å²) in [6.45, 7) is 0.301. The van der Waals surface area contributed by atoms with Crippen LogP contribution in [-0.4, -0.2) is 12.2 Å². The third kappa shape index (κ3) is 4.29. The van der Waals surface area contributed by atoms with Crippen LogP contribution in [0.25, 0.3) is 0 Å². The van der Waals surface area contributed by atoms with Crippen LogP contribution in [0.3, 0.4) is 0 Å². The smallest absolute Gasteiger partial charge is 0.144 e. The van der Waals surface area contributed by atoms with E-state index in [-0.39, 0.29) is 5.75 Å². The Morgan fingerprint density at radius 1 is 0.742 bits per heavy atom. The minimum Gasteiger partial charge on any atom is -0.506 e. The second-order valence-electron chi connectivity index (χ2n) is 7.22. The van der Waals surface area contributed by atoms with Crippen molar-refractivity contribution in [2.75, 3.05) is 7.11 Å². The van der Waals surface area contributed by atoms with E-state index in [1.165, 1.54) is 0 Å². The summed E-state index contributed by atoms with van der Waals surface area (Å²) < 4.78 is 12.1. The Morgan fingerprint density at radius 3 is 1.81 bits per heavy atom. The zero-order valence-electron chi connectivity index (χ0n) is 17.2. The maximum absolute atomic E-state index is 9.77. The predicted octanol–water partition coefficient (Wildman–Crippen LogP) is 6.56. The lowest BCUT2D eigenvalue weighted by molar-refractivity contribution is 0.000209. The van der Waals surface area contributed by atoms with Crippen LogP contribution in [0.5, 0.6) is 11.5 Å². The fourth-order valence-corrected chi connectivity index (χ4v) is 3.96. The molecule has 0 aliphatic rings. The second-order valence-corrected chi connectivity index (χ2v) is 7.62. The van der Waals surface area contributed by atoms with Gasteiger partial charge in [-0.05, 0) is 46.5 Å². The normalized spacial score (nSPS) is 11.3. The molecule has 3 nitrogen and oxygen atoms in total. The number of hydrogen-bond donors (Lipinski definition) is 1. The van der Waals surface area contributed by atoms with Crippen LogP contribution in [0.2, 0.25) is 5.02 Å². The largest absolute Gasteiger partial charge is 0.506 e. The summed E-state index contributed by atoms with van der Waals surface area (Å²) >= 11 is 6.13. The molecule has 0 heterocycles. The number of ether oxygens (including phenoxy) is 2. The molecule has 4 rings (SSSR count). The summed E-state index contributed by atoms with van der Waals surface area (Å²) in [5.41, 5.74) is 3.02. The maximum Gasteiger partial charge on any atom is 0.144 e. The quantitative estimate of drug-likeness (QED) is 0.337. The predicted molar refractivity (Wildman–Crippen MR) is 124 cm³/mol. The van der Waals surface area contributed by atoms with Gasteiger partial charge in [-0.25, -0.2) is 0 Å². The van der Waals surface area contributed by atoms with Gasteiger partial charge in [-0.1, -0.05) is 90.5 Å². The Kier molecular flexibility index (Phi) is 6.26. The van der Waals surface area contributed by atoms with Crippen molar-refractivity contribution < 1.29 is 14.6 Å². The first-order chi connectivity index (χ1) is 15.1. The molecule has 0 saturated carbocycles. The van der Waals surface area contributed by atoms with Crippen LogP contribution in [0.15, 0.2) is 103 Å². The molecule has 31 heavy (non-hydrogen) atoms. The lowest BCUT2D eigenvalue weighted by Crippen LogP contribution is -2.32. The van der Waals surface area contributed by atoms with Gasteiger partial charge < -0.3 is 14.6 Å². The summed E-state index contributed by atoms with van der Waals surface area (Å²) in [5, 5.41) is 10.1. The molecule has 0 radical (unpaired) electrons. The van der Waals surface area contributed by atoms with Crippen LogP contribution in [0.4, 0.5) is 0 Å². The first-order valence-electron chi connectivity index (χ1n) is 10.0. The highest BCUT2D eigenvalue weighted by Gasteiger charge is 2.37. The zero-order chi connectivity index (χ0) is 21.7. The topological polar surface area (TPSA) is 38.7 Å². The average molecular weight is 431 g/mol. The molecule has 0 amide bonds. The molecule has 0 unspecified atom stereocenters. The Hall–Kier alpha value is -3.27. The Bertz CT molecular complexity index is 1090. The van der Waals surface area contributed by atoms with E-state index in [4.69, 9.17) is 21.1 Å². The summed E-state index contributed by atoms with van der Waals surface area (Å²) in [6.07, 6.45) is 0. The standard InChI is InChI=1S/C27H23ClO3/c1-30-24-15-13-23(14-16-24)27(21-8-4-2-5-9-21,22-10-6-3-7-11-22)31-19-20-12-17-26(29)25(28)18-20/h2-18,29H,19H2,1H3. The van der Waals surface area contributed by atoms with Crippen molar-refractivity contribution in [3.63, 3.8) is 0 Å². The molecule has 0 fully saturated rings. The number of halogens is 1. The monoisotopic (exact) mass is 430 g/mol. The number of rotatable bonds is 7. The average Bonchev–Trinajstić information content (AvgIpc) is 2.83. The summed E-state index contributed by atoms with van der Waals surface area (Å²) in [6, 6.07) is 33.4. The SMILES string of the molecule is COc1ccc(C(OCc2ccc(O)c(Cl)c2)(c2ccccc2)c2ccccc2)cc1. The first kappa shape index (κ1) is 21.0. The van der Waals surface area contributed by atoms with Gasteiger partial charge >= 0.3 is 0 Å². The fourth-order valence-electron chi connectivity index (χ4n) is 3.75. The van der Waals surface area contributed by atoms with Crippen LogP contribution in [-0.2, 0) is 16.9 Å². The molecule has 4 aromatic rings. The lowest BCUT2D eigenvalue weighted by Gasteiger charge is -2.36. The Labute approximate surface area is 187 Å². The van der Waals surface area contributed by atoms with E-state index in [9.17, 15) is 5.11 Å². The van der Waals surface area contributed by atoms with Crippen LogP contribution in [0.1, 0.15) is 22.3 Å². The minimum absolute atomic E-state index is 0.0537. The van der Waals surface area contributed by atoms with Gasteiger partial charge in [0.25, 0.3) is 0 Å². The van der Waals surface area contributed by atoms with E-state index in [0.29, 0.717) is 11.6 Å². The van der Waals surface area contributed by atoms with Gasteiger partial charge in [-0.2, -0.15) is 0 Å². The van der Waals surface area contributed by atoms with E-state index in [0.717, 1.165) is 28.0 Å². The Morgan fingerprint density at radius 2 is 1.29 bits per heavy atom. The summed E-state index contributed by atoms with van der Waals surface area (Å²) in [7, 11) is 1.65. The van der Waals surface area contributed by atoms with Crippen LogP contribution in [0, 0.1) is 0 Å². The molecular formula is C27H23ClO3. The number of methoxy groups -OCH3 is 1. The third-order valence-electron chi connectivity index (χ3n) is 5.32. The maximum atomic E-state index is 9.77. The molecule has 0 aromatic heterocycles. The van der Waals surface area contributed by atoms with E-state index in [2.05, 4.69) is 24.3 Å². The van der Waals surface area contributed by atoms with Crippen molar-refractivity contribution in [1.29, 1.82) is 0 Å². The molecular weight excluding hydrogens is 408 g/mol. The van der Waals surface area contributed by atoms with E-state index in [1.54, 1.807) is 19.2 Å². The number of benzene rings is 4. The van der Waals surface area contributed by atoms with Gasteiger partial charge in [0.15, 0.2) is 0 Å². The highest BCUT2D eigenvalue weighted by Crippen LogP contribution is 2.42. The number of hydrogen-bond acceptors (Lipinski definition) is 3. The minimum atomic E-state index is -0.848. The fraction of sp³-hybridized carbons (Fsp3) is 0.111. The summed E-state index contributed by atoms with van der Waals surface area (Å²) in [4.78, 5) is 0. The molecule has 156 valence electrons. The molecule has 1 N–H and O–H groups in total. The van der Waals surface area contributed by atoms with E-state index >= 15 is 0 Å². The van der Waals surface area contributed by atoms with Crippen molar-refractivity contribution >= 4 is 11.6 Å². The highest BCUT2D eigenvalue weighted by molar-refractivity contribution is 6.32. The molecule has 0 bridgehead atoms. The molecule has 0 spiro atoms. The molecule has 0 saturated heterocycles. The van der Waals surface area contributed by atoms with Crippen molar-refractivity contribution in [3.05, 3.63) is 130 Å². The molecule has 0 atom stereocenters. The van der Waals surface area contributed by atoms with Gasteiger partial charge in [0.1, 0.15) is 17.1 Å². The Balaban J connectivity index is 1.87. The molecule has 0 aliphatic heterocycles. The molecule has 4 aromatic carbocycles. The van der Waals surface area contributed by atoms with Crippen molar-refractivity contribution in [2.45, 2.75) is 12.2 Å². The third-order valence-corrected chi connectivity index (χ3v) is 5.63. The second kappa shape index (κ2) is 9.25. The van der Waals surface area contributed by atoms with Crippen LogP contribution < -0.4 is 4.74 Å². The summed E-state index contributed by atoms with van der Waals surface area (Å²) in [5.74, 6) is 0.835. The van der Waals surface area contributed by atoms with Gasteiger partial charge in [0.05, 0.1) is 18.7 Å². The van der Waals surface area contributed by atoms with Gasteiger partial charge in [0.2, 0.25) is 0 Å². The van der Waals surface area contributed by atoms with Crippen LogP contribution >= 0.6 is 11.6 Å². The number of phenolic OH excluding ortho intramolecular Hbond substituents is 1. The van der Waals surface area contributed by atoms with Crippen molar-refractivity contribution in [1.82, 2.24) is 0 Å². The lowest BCUT2D eigenvalue weighted by atomic mass is 9.80. The zero-order valence-corrected chi connectivity index (χ0v) is 17.9. The van der Waals surface area contributed by atoms with Crippen molar-refractivity contribution in [2.24, 2.45) is 0 Å². The first-order valence-corrected chi connectivity index (χ1v) is 10.4. The van der Waals surface area contributed by atoms with E-state index in [1.807, 2.05) is 66.7 Å². The van der Waals surface area contributed by atoms with Gasteiger partial charge in [0, 0.05) is 0 Å². The highest BCUT2D eigenvalue weighted by atomic mass is 35.5. The molecule has 4 heteroatoms.